The molecule has 0 saturated heterocycles. The van der Waals surface area contributed by atoms with Gasteiger partial charge in [-0.1, -0.05) is 25.1 Å². The molecule has 0 N–H and O–H groups in total. The fourth-order valence-corrected chi connectivity index (χ4v) is 3.05. The third kappa shape index (κ3) is 2.22. The van der Waals surface area contributed by atoms with Crippen molar-refractivity contribution >= 4 is 22.9 Å². The lowest BCUT2D eigenvalue weighted by atomic mass is 10.4. The van der Waals surface area contributed by atoms with E-state index in [9.17, 15) is 9.59 Å². The molecule has 2 rings (SSSR count). The van der Waals surface area contributed by atoms with Crippen molar-refractivity contribution in [2.45, 2.75) is 24.9 Å². The summed E-state index contributed by atoms with van der Waals surface area (Å²) in [5.41, 5.74) is 0.264. The molecule has 0 spiro atoms. The Balaban J connectivity index is 2.64. The molecule has 104 valence electrons. The first-order valence-electron chi connectivity index (χ1n) is 6.24. The lowest BCUT2D eigenvalue weighted by Crippen LogP contribution is -2.37. The van der Waals surface area contributed by atoms with Crippen molar-refractivity contribution in [2.75, 3.05) is 5.75 Å². The van der Waals surface area contributed by atoms with Gasteiger partial charge in [-0.2, -0.15) is 0 Å². The molecule has 0 aliphatic carbocycles. The van der Waals surface area contributed by atoms with E-state index >= 15 is 0 Å². The topological polar surface area (TPSA) is 61.8 Å². The summed E-state index contributed by atoms with van der Waals surface area (Å²) in [6.07, 6.45) is 2.22. The third-order valence-corrected chi connectivity index (χ3v) is 4.27. The molecule has 2 heterocycles. The normalized spacial score (nSPS) is 11.4. The average Bonchev–Trinajstić information content (AvgIpc) is 2.72. The van der Waals surface area contributed by atoms with E-state index in [1.54, 1.807) is 18.8 Å². The van der Waals surface area contributed by atoms with Crippen LogP contribution in [0.2, 0.25) is 0 Å². The van der Waals surface area contributed by atoms with Crippen LogP contribution in [0, 0.1) is 0 Å². The first kappa shape index (κ1) is 13.9. The standard InChI is InChI=1S/C12H18N4O2S/c1-5-6-7-19-11-13-8-9(14(11)2)15(3)12(18)16(4)10(8)17/h5-7H2,1-4H3. The second-order valence-corrected chi connectivity index (χ2v) is 5.60. The highest BCUT2D eigenvalue weighted by Crippen LogP contribution is 2.21. The Morgan fingerprint density at radius 2 is 1.79 bits per heavy atom. The quantitative estimate of drug-likeness (QED) is 0.616. The van der Waals surface area contributed by atoms with Crippen molar-refractivity contribution in [3.05, 3.63) is 20.8 Å². The van der Waals surface area contributed by atoms with Crippen LogP contribution in [0.1, 0.15) is 19.8 Å². The highest BCUT2D eigenvalue weighted by Gasteiger charge is 2.16. The molecule has 0 radical (unpaired) electrons. The second kappa shape index (κ2) is 5.24. The van der Waals surface area contributed by atoms with E-state index in [1.807, 2.05) is 11.6 Å². The van der Waals surface area contributed by atoms with Crippen LogP contribution in [-0.4, -0.2) is 24.4 Å². The van der Waals surface area contributed by atoms with E-state index in [4.69, 9.17) is 0 Å². The summed E-state index contributed by atoms with van der Waals surface area (Å²) in [6, 6.07) is 0. The number of unbranched alkanes of at least 4 members (excludes halogenated alkanes) is 1. The zero-order valence-electron chi connectivity index (χ0n) is 11.6. The number of hydrogen-bond acceptors (Lipinski definition) is 4. The van der Waals surface area contributed by atoms with Gasteiger partial charge < -0.3 is 4.57 Å². The molecular weight excluding hydrogens is 264 g/mol. The van der Waals surface area contributed by atoms with Crippen LogP contribution >= 0.6 is 11.8 Å². The molecule has 0 aromatic carbocycles. The lowest BCUT2D eigenvalue weighted by Gasteiger charge is -2.05. The summed E-state index contributed by atoms with van der Waals surface area (Å²) in [5, 5.41) is 0.779. The lowest BCUT2D eigenvalue weighted by molar-refractivity contribution is 0.690. The van der Waals surface area contributed by atoms with Gasteiger partial charge in [-0.05, 0) is 6.42 Å². The first-order chi connectivity index (χ1) is 8.99. The predicted molar refractivity (Wildman–Crippen MR) is 76.8 cm³/mol. The molecule has 0 atom stereocenters. The van der Waals surface area contributed by atoms with Crippen molar-refractivity contribution in [3.8, 4) is 0 Å². The maximum atomic E-state index is 12.1. The molecule has 0 bridgehead atoms. The highest BCUT2D eigenvalue weighted by atomic mass is 32.2. The van der Waals surface area contributed by atoms with Crippen LogP contribution in [0.3, 0.4) is 0 Å². The van der Waals surface area contributed by atoms with E-state index in [-0.39, 0.29) is 11.2 Å². The Morgan fingerprint density at radius 3 is 2.42 bits per heavy atom. The van der Waals surface area contributed by atoms with Gasteiger partial charge in [0.2, 0.25) is 0 Å². The van der Waals surface area contributed by atoms with Crippen LogP contribution in [0.4, 0.5) is 0 Å². The summed E-state index contributed by atoms with van der Waals surface area (Å²) in [7, 11) is 4.97. The van der Waals surface area contributed by atoms with Gasteiger partial charge in [0.1, 0.15) is 0 Å². The zero-order valence-corrected chi connectivity index (χ0v) is 12.5. The number of fused-ring (bicyclic) bond motifs is 1. The van der Waals surface area contributed by atoms with E-state index in [0.29, 0.717) is 11.2 Å². The summed E-state index contributed by atoms with van der Waals surface area (Å²) >= 11 is 1.61. The third-order valence-electron chi connectivity index (χ3n) is 3.15. The predicted octanol–water partition coefficient (Wildman–Crippen LogP) is 0.863. The van der Waals surface area contributed by atoms with Crippen LogP contribution in [0.5, 0.6) is 0 Å². The maximum Gasteiger partial charge on any atom is 0.332 e. The van der Waals surface area contributed by atoms with Crippen LogP contribution < -0.4 is 11.2 Å². The van der Waals surface area contributed by atoms with Gasteiger partial charge in [0.05, 0.1) is 0 Å². The van der Waals surface area contributed by atoms with Gasteiger partial charge in [-0.3, -0.25) is 13.9 Å². The molecule has 0 unspecified atom stereocenters. The Labute approximate surface area is 115 Å². The van der Waals surface area contributed by atoms with Crippen molar-refractivity contribution in [2.24, 2.45) is 21.1 Å². The van der Waals surface area contributed by atoms with Crippen LogP contribution in [-0.2, 0) is 21.1 Å². The van der Waals surface area contributed by atoms with Gasteiger partial charge in [0.15, 0.2) is 16.3 Å². The Hall–Kier alpha value is -1.50. The molecular formula is C12H18N4O2S. The largest absolute Gasteiger partial charge is 0.332 e. The Bertz CT molecular complexity index is 726. The number of aromatic nitrogens is 4. The van der Waals surface area contributed by atoms with E-state index in [0.717, 1.165) is 28.3 Å². The minimum Gasteiger partial charge on any atom is -0.308 e. The van der Waals surface area contributed by atoms with Gasteiger partial charge in [-0.25, -0.2) is 9.78 Å². The molecule has 0 aliphatic heterocycles. The van der Waals surface area contributed by atoms with Crippen molar-refractivity contribution < 1.29 is 0 Å². The van der Waals surface area contributed by atoms with Gasteiger partial charge in [-0.15, -0.1) is 0 Å². The summed E-state index contributed by atoms with van der Waals surface area (Å²) < 4.78 is 4.38. The SMILES string of the molecule is CCCCSc1nc2c(=O)n(C)c(=O)n(C)c2n1C. The molecule has 2 aromatic rings. The fourth-order valence-electron chi connectivity index (χ4n) is 2.00. The molecule has 0 aliphatic rings. The molecule has 2 aromatic heterocycles. The number of imidazole rings is 1. The van der Waals surface area contributed by atoms with Crippen molar-refractivity contribution in [3.63, 3.8) is 0 Å². The van der Waals surface area contributed by atoms with Gasteiger partial charge in [0, 0.05) is 26.9 Å². The van der Waals surface area contributed by atoms with Gasteiger partial charge >= 0.3 is 5.69 Å². The van der Waals surface area contributed by atoms with E-state index < -0.39 is 0 Å². The van der Waals surface area contributed by atoms with Crippen molar-refractivity contribution in [1.29, 1.82) is 0 Å². The summed E-state index contributed by atoms with van der Waals surface area (Å²) in [4.78, 5) is 28.3. The maximum absolute atomic E-state index is 12.1. The van der Waals surface area contributed by atoms with Crippen molar-refractivity contribution in [1.82, 2.24) is 18.7 Å². The highest BCUT2D eigenvalue weighted by molar-refractivity contribution is 7.99. The summed E-state index contributed by atoms with van der Waals surface area (Å²) in [5.74, 6) is 0.960. The molecule has 7 heteroatoms. The fraction of sp³-hybridized carbons (Fsp3) is 0.583. The summed E-state index contributed by atoms with van der Waals surface area (Å²) in [6.45, 7) is 2.13. The first-order valence-corrected chi connectivity index (χ1v) is 7.22. The number of hydrogen-bond donors (Lipinski definition) is 0. The van der Waals surface area contributed by atoms with Crippen LogP contribution in [0.15, 0.2) is 14.7 Å². The minimum atomic E-state index is -0.337. The Morgan fingerprint density at radius 1 is 1.11 bits per heavy atom. The van der Waals surface area contributed by atoms with Gasteiger partial charge in [0.25, 0.3) is 5.56 Å². The molecule has 0 saturated carbocycles. The number of thioether (sulfide) groups is 1. The van der Waals surface area contributed by atoms with E-state index in [2.05, 4.69) is 11.9 Å². The molecule has 19 heavy (non-hydrogen) atoms. The monoisotopic (exact) mass is 282 g/mol. The number of nitrogens with zero attached hydrogens (tertiary/aromatic N) is 4. The molecule has 0 fully saturated rings. The van der Waals surface area contributed by atoms with E-state index in [1.165, 1.54) is 11.6 Å². The average molecular weight is 282 g/mol. The zero-order chi connectivity index (χ0) is 14.2. The number of aryl methyl sites for hydroxylation is 2. The molecule has 0 amide bonds. The number of rotatable bonds is 4. The second-order valence-electron chi connectivity index (χ2n) is 4.53. The van der Waals surface area contributed by atoms with Crippen LogP contribution in [0.25, 0.3) is 11.2 Å². The smallest absolute Gasteiger partial charge is 0.308 e. The minimum absolute atomic E-state index is 0.328. The molecule has 6 nitrogen and oxygen atoms in total. The Kier molecular flexibility index (Phi) is 3.84.